The standard InChI is InChI=1S/C21H18S/c1-14(2)15-8-3-4-9-16(15)17-11-7-13-20-21(17)18-10-5-6-12-19(18)22-20/h3-14H,1-2H3. The minimum atomic E-state index is 0.524. The van der Waals surface area contributed by atoms with Crippen LogP contribution in [0.2, 0.25) is 0 Å². The molecule has 0 unspecified atom stereocenters. The van der Waals surface area contributed by atoms with E-state index in [2.05, 4.69) is 80.6 Å². The number of rotatable bonds is 2. The van der Waals surface area contributed by atoms with Gasteiger partial charge in [0.15, 0.2) is 0 Å². The van der Waals surface area contributed by atoms with Gasteiger partial charge < -0.3 is 0 Å². The predicted octanol–water partition coefficient (Wildman–Crippen LogP) is 6.84. The molecule has 22 heavy (non-hydrogen) atoms. The Kier molecular flexibility index (Phi) is 3.24. The second-order valence-electron chi connectivity index (χ2n) is 6.02. The van der Waals surface area contributed by atoms with Crippen molar-refractivity contribution in [3.05, 3.63) is 72.3 Å². The maximum absolute atomic E-state index is 2.27. The topological polar surface area (TPSA) is 0 Å². The van der Waals surface area contributed by atoms with Crippen LogP contribution in [0.25, 0.3) is 31.3 Å². The molecule has 4 rings (SSSR count). The molecule has 0 N–H and O–H groups in total. The molecule has 0 bridgehead atoms. The molecule has 108 valence electrons. The Morgan fingerprint density at radius 2 is 1.36 bits per heavy atom. The Bertz CT molecular complexity index is 960. The third-order valence-corrected chi connectivity index (χ3v) is 5.41. The summed E-state index contributed by atoms with van der Waals surface area (Å²) in [5.41, 5.74) is 4.15. The van der Waals surface area contributed by atoms with Gasteiger partial charge in [0.1, 0.15) is 0 Å². The Labute approximate surface area is 135 Å². The number of hydrogen-bond acceptors (Lipinski definition) is 1. The first-order chi connectivity index (χ1) is 10.8. The summed E-state index contributed by atoms with van der Waals surface area (Å²) in [6, 6.07) is 24.2. The van der Waals surface area contributed by atoms with Gasteiger partial charge >= 0.3 is 0 Å². The van der Waals surface area contributed by atoms with E-state index >= 15 is 0 Å². The molecule has 0 fully saturated rings. The lowest BCUT2D eigenvalue weighted by molar-refractivity contribution is 0.869. The second kappa shape index (κ2) is 5.26. The van der Waals surface area contributed by atoms with E-state index in [4.69, 9.17) is 0 Å². The zero-order chi connectivity index (χ0) is 15.1. The van der Waals surface area contributed by atoms with Crippen LogP contribution in [0, 0.1) is 0 Å². The number of hydrogen-bond donors (Lipinski definition) is 0. The molecule has 0 aliphatic rings. The minimum Gasteiger partial charge on any atom is -0.135 e. The molecule has 0 saturated heterocycles. The fourth-order valence-corrected chi connectivity index (χ4v) is 4.38. The molecular formula is C21H18S. The molecule has 0 saturated carbocycles. The maximum Gasteiger partial charge on any atom is 0.0361 e. The van der Waals surface area contributed by atoms with Crippen molar-refractivity contribution in [2.45, 2.75) is 19.8 Å². The van der Waals surface area contributed by atoms with Crippen molar-refractivity contribution in [2.24, 2.45) is 0 Å². The van der Waals surface area contributed by atoms with Crippen LogP contribution in [0.3, 0.4) is 0 Å². The summed E-state index contributed by atoms with van der Waals surface area (Å²) in [4.78, 5) is 0. The highest BCUT2D eigenvalue weighted by Gasteiger charge is 2.13. The van der Waals surface area contributed by atoms with Gasteiger partial charge in [-0.3, -0.25) is 0 Å². The van der Waals surface area contributed by atoms with Crippen LogP contribution in [-0.4, -0.2) is 0 Å². The quantitative estimate of drug-likeness (QED) is 0.380. The molecule has 0 aliphatic carbocycles. The lowest BCUT2D eigenvalue weighted by Gasteiger charge is -2.14. The molecule has 0 atom stereocenters. The fourth-order valence-electron chi connectivity index (χ4n) is 3.24. The average Bonchev–Trinajstić information content (AvgIpc) is 2.93. The lowest BCUT2D eigenvalue weighted by atomic mass is 9.90. The molecular weight excluding hydrogens is 284 g/mol. The highest BCUT2D eigenvalue weighted by Crippen LogP contribution is 2.41. The van der Waals surface area contributed by atoms with Gasteiger partial charge in [0.25, 0.3) is 0 Å². The number of benzene rings is 3. The Hall–Kier alpha value is -2.12. The largest absolute Gasteiger partial charge is 0.135 e. The molecule has 1 heterocycles. The minimum absolute atomic E-state index is 0.524. The number of thiophene rings is 1. The van der Waals surface area contributed by atoms with E-state index in [-0.39, 0.29) is 0 Å². The van der Waals surface area contributed by atoms with E-state index in [1.165, 1.54) is 36.9 Å². The average molecular weight is 302 g/mol. The normalized spacial score (nSPS) is 11.6. The zero-order valence-electron chi connectivity index (χ0n) is 12.8. The van der Waals surface area contributed by atoms with Crippen molar-refractivity contribution in [1.82, 2.24) is 0 Å². The maximum atomic E-state index is 2.27. The van der Waals surface area contributed by atoms with E-state index in [0.29, 0.717) is 5.92 Å². The first-order valence-electron chi connectivity index (χ1n) is 7.75. The third-order valence-electron chi connectivity index (χ3n) is 4.28. The molecule has 3 aromatic carbocycles. The SMILES string of the molecule is CC(C)c1ccccc1-c1cccc2sc3ccccc3c12. The second-order valence-corrected chi connectivity index (χ2v) is 7.10. The summed E-state index contributed by atoms with van der Waals surface area (Å²) in [6.07, 6.45) is 0. The van der Waals surface area contributed by atoms with Crippen LogP contribution in [0.15, 0.2) is 66.7 Å². The van der Waals surface area contributed by atoms with Crippen molar-refractivity contribution in [3.8, 4) is 11.1 Å². The van der Waals surface area contributed by atoms with Gasteiger partial charge in [0, 0.05) is 20.2 Å². The van der Waals surface area contributed by atoms with Crippen LogP contribution >= 0.6 is 11.3 Å². The summed E-state index contributed by atoms with van der Waals surface area (Å²) >= 11 is 1.88. The third kappa shape index (κ3) is 2.05. The molecule has 0 amide bonds. The van der Waals surface area contributed by atoms with Gasteiger partial charge in [0.2, 0.25) is 0 Å². The van der Waals surface area contributed by atoms with Crippen molar-refractivity contribution < 1.29 is 0 Å². The van der Waals surface area contributed by atoms with Gasteiger partial charge in [0.05, 0.1) is 0 Å². The Morgan fingerprint density at radius 3 is 2.23 bits per heavy atom. The van der Waals surface area contributed by atoms with E-state index in [1.54, 1.807) is 0 Å². The molecule has 0 nitrogen and oxygen atoms in total. The van der Waals surface area contributed by atoms with Gasteiger partial charge in [-0.15, -0.1) is 11.3 Å². The van der Waals surface area contributed by atoms with Crippen molar-refractivity contribution in [1.29, 1.82) is 0 Å². The van der Waals surface area contributed by atoms with E-state index in [9.17, 15) is 0 Å². The van der Waals surface area contributed by atoms with Crippen molar-refractivity contribution in [3.63, 3.8) is 0 Å². The van der Waals surface area contributed by atoms with Gasteiger partial charge in [-0.25, -0.2) is 0 Å². The van der Waals surface area contributed by atoms with E-state index in [0.717, 1.165) is 0 Å². The summed E-state index contributed by atoms with van der Waals surface area (Å²) in [5.74, 6) is 0.524. The first-order valence-corrected chi connectivity index (χ1v) is 8.57. The predicted molar refractivity (Wildman–Crippen MR) is 98.9 cm³/mol. The summed E-state index contributed by atoms with van der Waals surface area (Å²) in [5, 5.41) is 2.77. The lowest BCUT2D eigenvalue weighted by Crippen LogP contribution is -1.92. The van der Waals surface area contributed by atoms with Gasteiger partial charge in [-0.05, 0) is 34.7 Å². The molecule has 1 aromatic heterocycles. The van der Waals surface area contributed by atoms with Crippen LogP contribution < -0.4 is 0 Å². The zero-order valence-corrected chi connectivity index (χ0v) is 13.7. The van der Waals surface area contributed by atoms with Gasteiger partial charge in [-0.2, -0.15) is 0 Å². The molecule has 0 aliphatic heterocycles. The van der Waals surface area contributed by atoms with Crippen LogP contribution in [0.4, 0.5) is 0 Å². The first kappa shape index (κ1) is 13.5. The molecule has 0 radical (unpaired) electrons. The molecule has 1 heteroatoms. The number of fused-ring (bicyclic) bond motifs is 3. The molecule has 4 aromatic rings. The van der Waals surface area contributed by atoms with Crippen molar-refractivity contribution in [2.75, 3.05) is 0 Å². The van der Waals surface area contributed by atoms with Crippen LogP contribution in [0.1, 0.15) is 25.3 Å². The highest BCUT2D eigenvalue weighted by molar-refractivity contribution is 7.25. The summed E-state index contributed by atoms with van der Waals surface area (Å²) in [6.45, 7) is 4.54. The van der Waals surface area contributed by atoms with Crippen molar-refractivity contribution >= 4 is 31.5 Å². The van der Waals surface area contributed by atoms with E-state index < -0.39 is 0 Å². The Balaban J connectivity index is 2.12. The molecule has 0 spiro atoms. The summed E-state index contributed by atoms with van der Waals surface area (Å²) in [7, 11) is 0. The monoisotopic (exact) mass is 302 g/mol. The highest BCUT2D eigenvalue weighted by atomic mass is 32.1. The Morgan fingerprint density at radius 1 is 0.682 bits per heavy atom. The van der Waals surface area contributed by atoms with Crippen LogP contribution in [-0.2, 0) is 0 Å². The smallest absolute Gasteiger partial charge is 0.0361 e. The van der Waals surface area contributed by atoms with Gasteiger partial charge in [-0.1, -0.05) is 68.4 Å². The summed E-state index contributed by atoms with van der Waals surface area (Å²) < 4.78 is 2.74. The van der Waals surface area contributed by atoms with E-state index in [1.807, 2.05) is 11.3 Å². The van der Waals surface area contributed by atoms with Crippen LogP contribution in [0.5, 0.6) is 0 Å². The fraction of sp³-hybridized carbons (Fsp3) is 0.143.